The average Bonchev–Trinajstić information content (AvgIpc) is 3.18. The molecule has 3 heterocycles. The number of imidazole rings is 1. The van der Waals surface area contributed by atoms with Crippen LogP contribution in [-0.4, -0.2) is 56.5 Å². The molecule has 5 rings (SSSR count). The Bertz CT molecular complexity index is 1230. The Balaban J connectivity index is 1.28. The number of anilines is 1. The molecule has 0 saturated carbocycles. The second kappa shape index (κ2) is 8.98. The SMILES string of the molecule is O=C(Nc1cccc(Cl)c1)N1CCN(Cc2nc3cccnc3n2-c2ccccc2)CC1. The maximum absolute atomic E-state index is 12.6. The first-order valence-electron chi connectivity index (χ1n) is 10.6. The van der Waals surface area contributed by atoms with Crippen LogP contribution >= 0.6 is 11.6 Å². The van der Waals surface area contributed by atoms with Crippen LogP contribution in [0.3, 0.4) is 0 Å². The normalized spacial score (nSPS) is 14.6. The molecule has 2 amide bonds. The van der Waals surface area contributed by atoms with E-state index in [4.69, 9.17) is 16.6 Å². The Labute approximate surface area is 191 Å². The van der Waals surface area contributed by atoms with Crippen molar-refractivity contribution in [3.63, 3.8) is 0 Å². The van der Waals surface area contributed by atoms with Crippen molar-refractivity contribution in [1.82, 2.24) is 24.3 Å². The van der Waals surface area contributed by atoms with E-state index in [1.807, 2.05) is 47.4 Å². The van der Waals surface area contributed by atoms with Crippen molar-refractivity contribution in [3.05, 3.63) is 83.8 Å². The lowest BCUT2D eigenvalue weighted by atomic mass is 10.3. The lowest BCUT2D eigenvalue weighted by Crippen LogP contribution is -2.49. The molecule has 2 aromatic heterocycles. The molecule has 7 nitrogen and oxygen atoms in total. The third-order valence-corrected chi connectivity index (χ3v) is 5.84. The summed E-state index contributed by atoms with van der Waals surface area (Å²) in [5, 5.41) is 3.53. The number of carbonyl (C=O) groups is 1. The highest BCUT2D eigenvalue weighted by Crippen LogP contribution is 2.21. The lowest BCUT2D eigenvalue weighted by Gasteiger charge is -2.34. The van der Waals surface area contributed by atoms with Crippen molar-refractivity contribution in [2.75, 3.05) is 31.5 Å². The largest absolute Gasteiger partial charge is 0.322 e. The number of carbonyl (C=O) groups excluding carboxylic acids is 1. The number of halogens is 1. The fourth-order valence-corrected chi connectivity index (χ4v) is 4.18. The summed E-state index contributed by atoms with van der Waals surface area (Å²) in [5.74, 6) is 0.946. The number of piperazine rings is 1. The van der Waals surface area contributed by atoms with Gasteiger partial charge in [0.2, 0.25) is 0 Å². The Morgan fingerprint density at radius 1 is 0.969 bits per heavy atom. The van der Waals surface area contributed by atoms with E-state index in [-0.39, 0.29) is 6.03 Å². The first kappa shape index (κ1) is 20.5. The summed E-state index contributed by atoms with van der Waals surface area (Å²) in [6.45, 7) is 3.53. The highest BCUT2D eigenvalue weighted by molar-refractivity contribution is 6.30. The van der Waals surface area contributed by atoms with E-state index in [1.165, 1.54) is 0 Å². The van der Waals surface area contributed by atoms with Crippen molar-refractivity contribution >= 4 is 34.5 Å². The second-order valence-corrected chi connectivity index (χ2v) is 8.19. The summed E-state index contributed by atoms with van der Waals surface area (Å²) >= 11 is 6.01. The quantitative estimate of drug-likeness (QED) is 0.503. The van der Waals surface area contributed by atoms with Crippen LogP contribution in [0.5, 0.6) is 0 Å². The van der Waals surface area contributed by atoms with Gasteiger partial charge < -0.3 is 10.2 Å². The third-order valence-electron chi connectivity index (χ3n) is 5.60. The van der Waals surface area contributed by atoms with E-state index in [2.05, 4.69) is 31.9 Å². The van der Waals surface area contributed by atoms with Gasteiger partial charge in [0.25, 0.3) is 0 Å². The summed E-state index contributed by atoms with van der Waals surface area (Å²) in [6.07, 6.45) is 1.80. The minimum Gasteiger partial charge on any atom is -0.322 e. The van der Waals surface area contributed by atoms with E-state index < -0.39 is 0 Å². The van der Waals surface area contributed by atoms with Gasteiger partial charge in [-0.1, -0.05) is 35.9 Å². The predicted molar refractivity (Wildman–Crippen MR) is 126 cm³/mol. The Morgan fingerprint density at radius 2 is 1.78 bits per heavy atom. The van der Waals surface area contributed by atoms with Gasteiger partial charge in [-0.15, -0.1) is 0 Å². The van der Waals surface area contributed by atoms with Crippen molar-refractivity contribution < 1.29 is 4.79 Å². The van der Waals surface area contributed by atoms with Crippen LogP contribution in [0.25, 0.3) is 16.9 Å². The van der Waals surface area contributed by atoms with Gasteiger partial charge in [0, 0.05) is 48.8 Å². The summed E-state index contributed by atoms with van der Waals surface area (Å²) < 4.78 is 2.12. The molecule has 2 aromatic carbocycles. The molecule has 1 saturated heterocycles. The zero-order valence-electron chi connectivity index (χ0n) is 17.5. The molecule has 0 aliphatic carbocycles. The van der Waals surface area contributed by atoms with Crippen LogP contribution in [0, 0.1) is 0 Å². The minimum absolute atomic E-state index is 0.104. The number of benzene rings is 2. The first-order chi connectivity index (χ1) is 15.7. The number of nitrogens with zero attached hydrogens (tertiary/aromatic N) is 5. The third kappa shape index (κ3) is 4.30. The highest BCUT2D eigenvalue weighted by atomic mass is 35.5. The number of pyridine rings is 1. The van der Waals surface area contributed by atoms with Gasteiger partial charge in [-0.3, -0.25) is 9.47 Å². The van der Waals surface area contributed by atoms with Gasteiger partial charge in [-0.2, -0.15) is 0 Å². The molecule has 1 aliphatic rings. The number of hydrogen-bond donors (Lipinski definition) is 1. The maximum Gasteiger partial charge on any atom is 0.321 e. The fraction of sp³-hybridized carbons (Fsp3) is 0.208. The molecular formula is C24H23ClN6O. The van der Waals surface area contributed by atoms with Crippen LogP contribution in [0.2, 0.25) is 5.02 Å². The van der Waals surface area contributed by atoms with Crippen molar-refractivity contribution in [1.29, 1.82) is 0 Å². The number of urea groups is 1. The van der Waals surface area contributed by atoms with Gasteiger partial charge in [0.15, 0.2) is 5.65 Å². The van der Waals surface area contributed by atoms with Crippen LogP contribution in [0.1, 0.15) is 5.82 Å². The topological polar surface area (TPSA) is 66.3 Å². The van der Waals surface area contributed by atoms with Gasteiger partial charge >= 0.3 is 6.03 Å². The number of rotatable bonds is 4. The number of nitrogens with one attached hydrogen (secondary N) is 1. The number of aromatic nitrogens is 3. The average molecular weight is 447 g/mol. The molecule has 0 bridgehead atoms. The standard InChI is InChI=1S/C24H23ClN6O/c25-18-6-4-7-19(16-18)27-24(32)30-14-12-29(13-15-30)17-22-28-21-10-5-11-26-23(21)31(22)20-8-2-1-3-9-20/h1-11,16H,12-15,17H2,(H,27,32). The van der Waals surface area contributed by atoms with Crippen molar-refractivity contribution in [2.24, 2.45) is 0 Å². The number of hydrogen-bond acceptors (Lipinski definition) is 4. The van der Waals surface area contributed by atoms with Gasteiger partial charge in [0.1, 0.15) is 11.3 Å². The predicted octanol–water partition coefficient (Wildman–Crippen LogP) is 4.42. The summed E-state index contributed by atoms with van der Waals surface area (Å²) in [4.78, 5) is 26.2. The van der Waals surface area contributed by atoms with E-state index in [9.17, 15) is 4.79 Å². The summed E-state index contributed by atoms with van der Waals surface area (Å²) in [6, 6.07) is 21.2. The summed E-state index contributed by atoms with van der Waals surface area (Å²) in [7, 11) is 0. The zero-order chi connectivity index (χ0) is 21.9. The Hall–Kier alpha value is -3.42. The van der Waals surface area contributed by atoms with E-state index in [0.29, 0.717) is 30.3 Å². The van der Waals surface area contributed by atoms with Gasteiger partial charge in [0.05, 0.1) is 6.54 Å². The molecule has 0 atom stereocenters. The molecule has 32 heavy (non-hydrogen) atoms. The van der Waals surface area contributed by atoms with Crippen LogP contribution < -0.4 is 5.32 Å². The zero-order valence-corrected chi connectivity index (χ0v) is 18.2. The minimum atomic E-state index is -0.104. The fourth-order valence-electron chi connectivity index (χ4n) is 3.99. The van der Waals surface area contributed by atoms with Crippen LogP contribution in [0.15, 0.2) is 72.9 Å². The Kier molecular flexibility index (Phi) is 5.75. The molecule has 1 aliphatic heterocycles. The number of fused-ring (bicyclic) bond motifs is 1. The van der Waals surface area contributed by atoms with E-state index in [1.54, 1.807) is 18.3 Å². The first-order valence-corrected chi connectivity index (χ1v) is 11.0. The van der Waals surface area contributed by atoms with E-state index >= 15 is 0 Å². The molecule has 8 heteroatoms. The smallest absolute Gasteiger partial charge is 0.321 e. The molecule has 0 unspecified atom stereocenters. The molecular weight excluding hydrogens is 424 g/mol. The van der Waals surface area contributed by atoms with Crippen LogP contribution in [-0.2, 0) is 6.54 Å². The molecule has 162 valence electrons. The van der Waals surface area contributed by atoms with Crippen LogP contribution in [0.4, 0.5) is 10.5 Å². The second-order valence-electron chi connectivity index (χ2n) is 7.75. The summed E-state index contributed by atoms with van der Waals surface area (Å²) in [5.41, 5.74) is 3.48. The maximum atomic E-state index is 12.6. The Morgan fingerprint density at radius 3 is 2.56 bits per heavy atom. The molecule has 1 N–H and O–H groups in total. The molecule has 0 radical (unpaired) electrons. The molecule has 1 fully saturated rings. The van der Waals surface area contributed by atoms with Crippen molar-refractivity contribution in [3.8, 4) is 5.69 Å². The van der Waals surface area contributed by atoms with Gasteiger partial charge in [-0.25, -0.2) is 14.8 Å². The molecule has 0 spiro atoms. The monoisotopic (exact) mass is 446 g/mol. The lowest BCUT2D eigenvalue weighted by molar-refractivity contribution is 0.140. The number of amides is 2. The molecule has 4 aromatic rings. The highest BCUT2D eigenvalue weighted by Gasteiger charge is 2.23. The number of para-hydroxylation sites is 1. The van der Waals surface area contributed by atoms with E-state index in [0.717, 1.165) is 35.8 Å². The van der Waals surface area contributed by atoms with Crippen molar-refractivity contribution in [2.45, 2.75) is 6.54 Å². The van der Waals surface area contributed by atoms with Gasteiger partial charge in [-0.05, 0) is 42.5 Å².